The van der Waals surface area contributed by atoms with Crippen LogP contribution in [0.5, 0.6) is 5.75 Å². The fraction of sp³-hybridized carbons (Fsp3) is 0.481. The normalized spacial score (nSPS) is 16.7. The molecule has 1 saturated carbocycles. The van der Waals surface area contributed by atoms with Crippen LogP contribution < -0.4 is 9.64 Å². The molecule has 2 aliphatic rings. The highest BCUT2D eigenvalue weighted by Gasteiger charge is 2.35. The average Bonchev–Trinajstić information content (AvgIpc) is 3.69. The van der Waals surface area contributed by atoms with Crippen LogP contribution in [0.15, 0.2) is 41.3 Å². The highest BCUT2D eigenvalue weighted by Crippen LogP contribution is 2.37. The number of morpholine rings is 1. The van der Waals surface area contributed by atoms with E-state index in [0.717, 1.165) is 67.9 Å². The number of nitrogens with zero attached hydrogens (tertiary/aromatic N) is 4. The SMILES string of the molecule is COc1ccc(C)c2sc(N(CCCN3CCOCC3)C(=O)c3ccc(S(=O)(=O)N(C)C4CC4)cc3)nc12. The predicted octanol–water partition coefficient (Wildman–Crippen LogP) is 3.77. The van der Waals surface area contributed by atoms with Gasteiger partial charge in [0.05, 0.1) is 29.9 Å². The Morgan fingerprint density at radius 2 is 1.87 bits per heavy atom. The number of carbonyl (C=O) groups is 1. The number of aryl methyl sites for hydroxylation is 1. The van der Waals surface area contributed by atoms with E-state index in [2.05, 4.69) is 4.90 Å². The fourth-order valence-corrected chi connectivity index (χ4v) is 7.16. The van der Waals surface area contributed by atoms with Crippen molar-refractivity contribution in [3.05, 3.63) is 47.5 Å². The molecule has 11 heteroatoms. The standard InChI is InChI=1S/C27H34N4O5S2/c1-19-5-12-23(35-3)24-25(19)37-27(28-24)31(14-4-13-30-15-17-36-18-16-30)26(32)20-6-10-22(11-7-20)38(33,34)29(2)21-8-9-21/h5-7,10-12,21H,4,8-9,13-18H2,1-3H3. The first-order chi connectivity index (χ1) is 18.3. The molecule has 204 valence electrons. The number of rotatable bonds is 10. The van der Waals surface area contributed by atoms with Gasteiger partial charge in [-0.1, -0.05) is 17.4 Å². The molecule has 5 rings (SSSR count). The zero-order valence-electron chi connectivity index (χ0n) is 22.1. The lowest BCUT2D eigenvalue weighted by atomic mass is 10.2. The molecule has 1 saturated heterocycles. The van der Waals surface area contributed by atoms with Crippen LogP contribution in [0.2, 0.25) is 0 Å². The lowest BCUT2D eigenvalue weighted by molar-refractivity contribution is 0.0376. The first kappa shape index (κ1) is 27.0. The lowest BCUT2D eigenvalue weighted by Crippen LogP contribution is -2.39. The molecule has 9 nitrogen and oxygen atoms in total. The van der Waals surface area contributed by atoms with Gasteiger partial charge < -0.3 is 9.47 Å². The second-order valence-electron chi connectivity index (χ2n) is 9.80. The summed E-state index contributed by atoms with van der Waals surface area (Å²) in [7, 11) is -0.346. The maximum absolute atomic E-state index is 13.8. The number of carbonyl (C=O) groups excluding carboxylic acids is 1. The molecule has 3 aromatic rings. The topological polar surface area (TPSA) is 92.3 Å². The van der Waals surface area contributed by atoms with E-state index in [-0.39, 0.29) is 16.8 Å². The van der Waals surface area contributed by atoms with E-state index in [4.69, 9.17) is 14.5 Å². The van der Waals surface area contributed by atoms with Gasteiger partial charge in [0, 0.05) is 44.8 Å². The Morgan fingerprint density at radius 1 is 1.16 bits per heavy atom. The first-order valence-corrected chi connectivity index (χ1v) is 15.2. The number of hydrogen-bond acceptors (Lipinski definition) is 8. The van der Waals surface area contributed by atoms with Gasteiger partial charge in [-0.2, -0.15) is 4.31 Å². The van der Waals surface area contributed by atoms with Gasteiger partial charge in [-0.05, 0) is 62.1 Å². The van der Waals surface area contributed by atoms with Crippen molar-refractivity contribution in [3.63, 3.8) is 0 Å². The van der Waals surface area contributed by atoms with E-state index in [0.29, 0.717) is 23.0 Å². The van der Waals surface area contributed by atoms with E-state index < -0.39 is 10.0 Å². The summed E-state index contributed by atoms with van der Waals surface area (Å²) in [5.41, 5.74) is 2.23. The molecule has 1 amide bonds. The number of sulfonamides is 1. The van der Waals surface area contributed by atoms with Gasteiger partial charge in [-0.3, -0.25) is 14.6 Å². The van der Waals surface area contributed by atoms with Crippen LogP contribution >= 0.6 is 11.3 Å². The van der Waals surface area contributed by atoms with Crippen molar-refractivity contribution in [1.82, 2.24) is 14.2 Å². The quantitative estimate of drug-likeness (QED) is 0.374. The van der Waals surface area contributed by atoms with E-state index in [9.17, 15) is 13.2 Å². The maximum Gasteiger partial charge on any atom is 0.260 e. The molecule has 2 aromatic carbocycles. The van der Waals surface area contributed by atoms with Crippen molar-refractivity contribution >= 4 is 42.6 Å². The van der Waals surface area contributed by atoms with Gasteiger partial charge >= 0.3 is 0 Å². The summed E-state index contributed by atoms with van der Waals surface area (Å²) >= 11 is 1.47. The number of methoxy groups -OCH3 is 1. The van der Waals surface area contributed by atoms with Crippen LogP contribution in [0.4, 0.5) is 5.13 Å². The zero-order valence-corrected chi connectivity index (χ0v) is 23.7. The molecule has 0 radical (unpaired) electrons. The second kappa shape index (κ2) is 11.3. The first-order valence-electron chi connectivity index (χ1n) is 12.9. The number of ether oxygens (including phenoxy) is 2. The lowest BCUT2D eigenvalue weighted by Gasteiger charge is -2.27. The Hall–Kier alpha value is -2.57. The molecule has 0 N–H and O–H groups in total. The number of hydrogen-bond donors (Lipinski definition) is 0. The van der Waals surface area contributed by atoms with Crippen molar-refractivity contribution in [2.24, 2.45) is 0 Å². The summed E-state index contributed by atoms with van der Waals surface area (Å²) in [4.78, 5) is 22.9. The molecule has 2 heterocycles. The molecule has 0 bridgehead atoms. The van der Waals surface area contributed by atoms with Gasteiger partial charge in [-0.25, -0.2) is 13.4 Å². The van der Waals surface area contributed by atoms with Crippen LogP contribution in [0.3, 0.4) is 0 Å². The predicted molar refractivity (Wildman–Crippen MR) is 149 cm³/mol. The minimum Gasteiger partial charge on any atom is -0.494 e. The molecule has 1 aliphatic heterocycles. The Morgan fingerprint density at radius 3 is 2.53 bits per heavy atom. The molecule has 0 unspecified atom stereocenters. The Labute approximate surface area is 228 Å². The van der Waals surface area contributed by atoms with Crippen LogP contribution in [0.25, 0.3) is 10.2 Å². The van der Waals surface area contributed by atoms with Gasteiger partial charge in [0.2, 0.25) is 10.0 Å². The third-order valence-corrected chi connectivity index (χ3v) is 10.3. The van der Waals surface area contributed by atoms with Crippen molar-refractivity contribution < 1.29 is 22.7 Å². The highest BCUT2D eigenvalue weighted by molar-refractivity contribution is 7.89. The summed E-state index contributed by atoms with van der Waals surface area (Å²) in [6, 6.07) is 10.2. The molecule has 38 heavy (non-hydrogen) atoms. The zero-order chi connectivity index (χ0) is 26.9. The maximum atomic E-state index is 13.8. The molecular formula is C27H34N4O5S2. The molecule has 2 fully saturated rings. The highest BCUT2D eigenvalue weighted by atomic mass is 32.2. The van der Waals surface area contributed by atoms with Gasteiger partial charge in [0.1, 0.15) is 11.3 Å². The Bertz CT molecular complexity index is 1400. The molecule has 1 aromatic heterocycles. The monoisotopic (exact) mass is 558 g/mol. The number of fused-ring (bicyclic) bond motifs is 1. The van der Waals surface area contributed by atoms with Gasteiger partial charge in [0.25, 0.3) is 5.91 Å². The molecule has 0 atom stereocenters. The number of anilines is 1. The summed E-state index contributed by atoms with van der Waals surface area (Å²) in [6.07, 6.45) is 2.55. The number of aromatic nitrogens is 1. The van der Waals surface area contributed by atoms with Gasteiger partial charge in [-0.15, -0.1) is 0 Å². The summed E-state index contributed by atoms with van der Waals surface area (Å²) in [5.74, 6) is 0.463. The average molecular weight is 559 g/mol. The van der Waals surface area contributed by atoms with E-state index in [1.54, 1.807) is 31.2 Å². The third-order valence-electron chi connectivity index (χ3n) is 7.19. The smallest absolute Gasteiger partial charge is 0.260 e. The molecule has 0 spiro atoms. The van der Waals surface area contributed by atoms with Crippen molar-refractivity contribution in [3.8, 4) is 5.75 Å². The van der Waals surface area contributed by atoms with Crippen LogP contribution in [-0.2, 0) is 14.8 Å². The summed E-state index contributed by atoms with van der Waals surface area (Å²) in [5, 5.41) is 0.602. The van der Waals surface area contributed by atoms with Crippen LogP contribution in [0, 0.1) is 6.92 Å². The van der Waals surface area contributed by atoms with Crippen LogP contribution in [0.1, 0.15) is 35.2 Å². The van der Waals surface area contributed by atoms with Crippen LogP contribution in [-0.4, -0.2) is 88.1 Å². The van der Waals surface area contributed by atoms with E-state index in [1.165, 1.54) is 27.8 Å². The number of benzene rings is 2. The minimum absolute atomic E-state index is 0.0720. The molecule has 1 aliphatic carbocycles. The third kappa shape index (κ3) is 5.57. The van der Waals surface area contributed by atoms with Crippen molar-refractivity contribution in [2.75, 3.05) is 58.5 Å². The fourth-order valence-electron chi connectivity index (χ4n) is 4.67. The number of amides is 1. The Balaban J connectivity index is 1.42. The minimum atomic E-state index is -3.58. The van der Waals surface area contributed by atoms with Crippen molar-refractivity contribution in [2.45, 2.75) is 37.1 Å². The molecular weight excluding hydrogens is 524 g/mol. The Kier molecular flexibility index (Phi) is 8.01. The second-order valence-corrected chi connectivity index (χ2v) is 12.8. The van der Waals surface area contributed by atoms with Crippen molar-refractivity contribution in [1.29, 1.82) is 0 Å². The van der Waals surface area contributed by atoms with Gasteiger partial charge in [0.15, 0.2) is 5.13 Å². The van der Waals surface area contributed by atoms with E-state index >= 15 is 0 Å². The summed E-state index contributed by atoms with van der Waals surface area (Å²) < 4.78 is 39.3. The number of thiazole rings is 1. The van der Waals surface area contributed by atoms with E-state index in [1.807, 2.05) is 19.1 Å². The summed E-state index contributed by atoms with van der Waals surface area (Å²) in [6.45, 7) is 6.59. The largest absolute Gasteiger partial charge is 0.494 e.